The third-order valence-electron chi connectivity index (χ3n) is 3.80. The summed E-state index contributed by atoms with van der Waals surface area (Å²) in [5.41, 5.74) is 0.957. The third kappa shape index (κ3) is 7.03. The lowest BCUT2D eigenvalue weighted by molar-refractivity contribution is -0.120. The van der Waals surface area contributed by atoms with Crippen LogP contribution in [0.3, 0.4) is 0 Å². The first-order valence-electron chi connectivity index (χ1n) is 8.64. The zero-order valence-electron chi connectivity index (χ0n) is 15.4. The molecule has 0 aromatic heterocycles. The van der Waals surface area contributed by atoms with Gasteiger partial charge in [-0.2, -0.15) is 4.72 Å². The molecule has 2 aromatic rings. The Morgan fingerprint density at radius 3 is 2.21 bits per heavy atom. The average molecular weight is 417 g/mol. The van der Waals surface area contributed by atoms with Crippen LogP contribution < -0.4 is 15.4 Å². The maximum absolute atomic E-state index is 12.8. The van der Waals surface area contributed by atoms with E-state index in [4.69, 9.17) is 6.42 Å². The predicted octanol–water partition coefficient (Wildman–Crippen LogP) is 0.826. The molecule has 152 valence electrons. The van der Waals surface area contributed by atoms with E-state index in [2.05, 4.69) is 21.3 Å². The van der Waals surface area contributed by atoms with Gasteiger partial charge in [0.25, 0.3) is 5.91 Å². The minimum atomic E-state index is -3.72. The van der Waals surface area contributed by atoms with E-state index in [9.17, 15) is 22.4 Å². The molecule has 9 heteroatoms. The van der Waals surface area contributed by atoms with Crippen molar-refractivity contribution in [2.24, 2.45) is 0 Å². The highest BCUT2D eigenvalue weighted by Crippen LogP contribution is 2.10. The number of halogens is 1. The maximum atomic E-state index is 12.8. The summed E-state index contributed by atoms with van der Waals surface area (Å²) in [5.74, 6) is 1.15. The average Bonchev–Trinajstić information content (AvgIpc) is 2.71. The van der Waals surface area contributed by atoms with Crippen LogP contribution in [0.25, 0.3) is 0 Å². The van der Waals surface area contributed by atoms with E-state index >= 15 is 0 Å². The molecule has 0 spiro atoms. The van der Waals surface area contributed by atoms with Gasteiger partial charge in [-0.1, -0.05) is 18.1 Å². The predicted molar refractivity (Wildman–Crippen MR) is 106 cm³/mol. The summed E-state index contributed by atoms with van der Waals surface area (Å²) in [6.45, 7) is 0.281. The summed E-state index contributed by atoms with van der Waals surface area (Å²) in [6.07, 6.45) is 5.14. The van der Waals surface area contributed by atoms with Crippen LogP contribution in [0.15, 0.2) is 53.4 Å². The first-order valence-corrected chi connectivity index (χ1v) is 10.1. The van der Waals surface area contributed by atoms with Crippen LogP contribution in [-0.4, -0.2) is 39.9 Å². The van der Waals surface area contributed by atoms with Crippen LogP contribution in [0.4, 0.5) is 4.39 Å². The van der Waals surface area contributed by atoms with Gasteiger partial charge in [0.05, 0.1) is 17.9 Å². The summed E-state index contributed by atoms with van der Waals surface area (Å²) in [6, 6.07) is 11.0. The minimum Gasteiger partial charge on any atom is -0.354 e. The normalized spacial score (nSPS) is 10.8. The van der Waals surface area contributed by atoms with Gasteiger partial charge in [-0.3, -0.25) is 9.59 Å². The van der Waals surface area contributed by atoms with Crippen molar-refractivity contribution in [2.45, 2.75) is 11.3 Å². The lowest BCUT2D eigenvalue weighted by Crippen LogP contribution is -2.35. The topological polar surface area (TPSA) is 104 Å². The molecule has 2 rings (SSSR count). The summed E-state index contributed by atoms with van der Waals surface area (Å²) in [4.78, 5) is 23.9. The third-order valence-corrected chi connectivity index (χ3v) is 5.22. The molecule has 0 aliphatic carbocycles. The van der Waals surface area contributed by atoms with Crippen molar-refractivity contribution >= 4 is 21.8 Å². The Kier molecular flexibility index (Phi) is 7.88. The second kappa shape index (κ2) is 10.4. The van der Waals surface area contributed by atoms with Gasteiger partial charge in [0.15, 0.2) is 0 Å². The molecule has 0 saturated carbocycles. The highest BCUT2D eigenvalue weighted by atomic mass is 32.2. The van der Waals surface area contributed by atoms with Crippen LogP contribution in [-0.2, 0) is 21.2 Å². The fraction of sp³-hybridized carbons (Fsp3) is 0.200. The Morgan fingerprint density at radius 1 is 0.966 bits per heavy atom. The van der Waals surface area contributed by atoms with Gasteiger partial charge in [0.1, 0.15) is 5.82 Å². The summed E-state index contributed by atoms with van der Waals surface area (Å²) >= 11 is 0. The standard InChI is InChI=1S/C20H20FN3O4S/c1-2-11-24-29(27,28)18-9-5-16(6-10-18)20(26)23-13-12-22-19(25)14-15-3-7-17(21)8-4-15/h1,3-10,24H,11-14H2,(H,22,25)(H,23,26). The summed E-state index contributed by atoms with van der Waals surface area (Å²) in [7, 11) is -3.72. The van der Waals surface area contributed by atoms with Gasteiger partial charge >= 0.3 is 0 Å². The molecule has 0 aliphatic rings. The Morgan fingerprint density at radius 2 is 1.59 bits per heavy atom. The smallest absolute Gasteiger partial charge is 0.251 e. The summed E-state index contributed by atoms with van der Waals surface area (Å²) < 4.78 is 38.9. The molecule has 2 aromatic carbocycles. The SMILES string of the molecule is C#CCNS(=O)(=O)c1ccc(C(=O)NCCNC(=O)Cc2ccc(F)cc2)cc1. The molecule has 0 atom stereocenters. The number of hydrogen-bond donors (Lipinski definition) is 3. The van der Waals surface area contributed by atoms with Gasteiger partial charge in [0, 0.05) is 18.7 Å². The lowest BCUT2D eigenvalue weighted by atomic mass is 10.1. The first-order chi connectivity index (χ1) is 13.8. The zero-order valence-corrected chi connectivity index (χ0v) is 16.3. The zero-order chi connectivity index (χ0) is 21.3. The lowest BCUT2D eigenvalue weighted by Gasteiger charge is -2.08. The fourth-order valence-corrected chi connectivity index (χ4v) is 3.27. The number of amides is 2. The largest absolute Gasteiger partial charge is 0.354 e. The Labute approximate surface area is 168 Å². The number of nitrogens with one attached hydrogen (secondary N) is 3. The monoisotopic (exact) mass is 417 g/mol. The van der Waals surface area contributed by atoms with E-state index in [1.165, 1.54) is 48.5 Å². The van der Waals surface area contributed by atoms with Gasteiger partial charge in [-0.15, -0.1) is 6.42 Å². The van der Waals surface area contributed by atoms with Crippen molar-refractivity contribution in [3.8, 4) is 12.3 Å². The number of carbonyl (C=O) groups is 2. The van der Waals surface area contributed by atoms with Crippen LogP contribution in [0.5, 0.6) is 0 Å². The van der Waals surface area contributed by atoms with E-state index in [1.54, 1.807) is 0 Å². The van der Waals surface area contributed by atoms with Crippen LogP contribution in [0.1, 0.15) is 15.9 Å². The van der Waals surface area contributed by atoms with E-state index in [0.717, 1.165) is 0 Å². The van der Waals surface area contributed by atoms with Crippen molar-refractivity contribution in [2.75, 3.05) is 19.6 Å². The van der Waals surface area contributed by atoms with Crippen LogP contribution in [0, 0.1) is 18.2 Å². The molecule has 0 radical (unpaired) electrons. The van der Waals surface area contributed by atoms with Crippen molar-refractivity contribution in [3.05, 3.63) is 65.5 Å². The molecule has 0 saturated heterocycles. The molecule has 2 amide bonds. The van der Waals surface area contributed by atoms with Gasteiger partial charge in [-0.25, -0.2) is 12.8 Å². The van der Waals surface area contributed by atoms with Gasteiger partial charge in [-0.05, 0) is 42.0 Å². The van der Waals surface area contributed by atoms with Gasteiger partial charge < -0.3 is 10.6 Å². The summed E-state index contributed by atoms with van der Waals surface area (Å²) in [5, 5.41) is 5.27. The van der Waals surface area contributed by atoms with Crippen molar-refractivity contribution < 1.29 is 22.4 Å². The number of benzene rings is 2. The van der Waals surface area contributed by atoms with Crippen molar-refractivity contribution in [1.29, 1.82) is 0 Å². The second-order valence-corrected chi connectivity index (χ2v) is 7.73. The Hall–Kier alpha value is -3.22. The van der Waals surface area contributed by atoms with Crippen LogP contribution >= 0.6 is 0 Å². The van der Waals surface area contributed by atoms with Crippen LogP contribution in [0.2, 0.25) is 0 Å². The first kappa shape index (κ1) is 22.1. The molecule has 0 fully saturated rings. The highest BCUT2D eigenvalue weighted by Gasteiger charge is 2.14. The second-order valence-electron chi connectivity index (χ2n) is 5.96. The van der Waals surface area contributed by atoms with E-state index in [1.807, 2.05) is 0 Å². The number of terminal acetylenes is 1. The van der Waals surface area contributed by atoms with Crippen molar-refractivity contribution in [3.63, 3.8) is 0 Å². The molecule has 0 unspecified atom stereocenters. The molecule has 29 heavy (non-hydrogen) atoms. The van der Waals surface area contributed by atoms with E-state index < -0.39 is 15.9 Å². The molecular formula is C20H20FN3O4S. The molecule has 0 aliphatic heterocycles. The Balaban J connectivity index is 1.77. The van der Waals surface area contributed by atoms with E-state index in [-0.39, 0.29) is 48.2 Å². The fourth-order valence-electron chi connectivity index (χ4n) is 2.34. The maximum Gasteiger partial charge on any atom is 0.251 e. The quantitative estimate of drug-likeness (QED) is 0.415. The highest BCUT2D eigenvalue weighted by molar-refractivity contribution is 7.89. The molecule has 0 heterocycles. The minimum absolute atomic E-state index is 0.00245. The molecule has 0 bridgehead atoms. The number of rotatable bonds is 9. The number of sulfonamides is 1. The van der Waals surface area contributed by atoms with Crippen molar-refractivity contribution in [1.82, 2.24) is 15.4 Å². The van der Waals surface area contributed by atoms with E-state index in [0.29, 0.717) is 5.56 Å². The number of hydrogen-bond acceptors (Lipinski definition) is 4. The van der Waals surface area contributed by atoms with Gasteiger partial charge in [0.2, 0.25) is 15.9 Å². The Bertz CT molecular complexity index is 998. The molecular weight excluding hydrogens is 397 g/mol. The molecule has 3 N–H and O–H groups in total. The molecule has 7 nitrogen and oxygen atoms in total. The number of carbonyl (C=O) groups excluding carboxylic acids is 2.